The number of hydrogen-bond donors (Lipinski definition) is 1. The van der Waals surface area contributed by atoms with Gasteiger partial charge in [0.05, 0.1) is 17.8 Å². The van der Waals surface area contributed by atoms with Crippen LogP contribution >= 0.6 is 0 Å². The van der Waals surface area contributed by atoms with Gasteiger partial charge in [0.15, 0.2) is 0 Å². The molecule has 20 heavy (non-hydrogen) atoms. The third-order valence-electron chi connectivity index (χ3n) is 4.83. The van der Waals surface area contributed by atoms with Gasteiger partial charge in [0.25, 0.3) is 0 Å². The average Bonchev–Trinajstić information content (AvgIpc) is 3.27. The highest BCUT2D eigenvalue weighted by atomic mass is 15.2. The van der Waals surface area contributed by atoms with Gasteiger partial charge < -0.3 is 9.88 Å². The average molecular weight is 270 g/mol. The van der Waals surface area contributed by atoms with Crippen LogP contribution in [0.2, 0.25) is 0 Å². The quantitative estimate of drug-likeness (QED) is 0.931. The molecule has 1 aliphatic heterocycles. The van der Waals surface area contributed by atoms with E-state index >= 15 is 0 Å². The standard InChI is InChI=1S/C16H22N4/c1-2-11-5-8-18-13(9-11)16-19-14-10-17-7-6-15(14)20(16)12-3-4-12/h6-7,10-13,18H,2-5,8-9H2,1H3. The minimum atomic E-state index is 0.418. The van der Waals surface area contributed by atoms with E-state index in [1.165, 1.54) is 43.4 Å². The van der Waals surface area contributed by atoms with Gasteiger partial charge in [-0.25, -0.2) is 4.98 Å². The lowest BCUT2D eigenvalue weighted by Crippen LogP contribution is -2.33. The molecule has 2 aromatic heterocycles. The largest absolute Gasteiger partial charge is 0.323 e. The van der Waals surface area contributed by atoms with Crippen molar-refractivity contribution in [3.63, 3.8) is 0 Å². The van der Waals surface area contributed by atoms with Gasteiger partial charge >= 0.3 is 0 Å². The van der Waals surface area contributed by atoms with Gasteiger partial charge in [0.1, 0.15) is 11.3 Å². The summed E-state index contributed by atoms with van der Waals surface area (Å²) in [7, 11) is 0. The molecule has 1 aliphatic carbocycles. The van der Waals surface area contributed by atoms with Gasteiger partial charge in [-0.05, 0) is 44.2 Å². The first-order chi connectivity index (χ1) is 9.86. The van der Waals surface area contributed by atoms with E-state index in [0.717, 1.165) is 18.0 Å². The zero-order chi connectivity index (χ0) is 13.5. The number of aromatic nitrogens is 3. The van der Waals surface area contributed by atoms with Gasteiger partial charge in [-0.15, -0.1) is 0 Å². The highest BCUT2D eigenvalue weighted by Crippen LogP contribution is 2.41. The number of fused-ring (bicyclic) bond motifs is 1. The minimum Gasteiger partial charge on any atom is -0.323 e. The Morgan fingerprint density at radius 2 is 2.25 bits per heavy atom. The smallest absolute Gasteiger partial charge is 0.127 e. The molecule has 4 heteroatoms. The first-order valence-electron chi connectivity index (χ1n) is 7.92. The molecule has 0 radical (unpaired) electrons. The van der Waals surface area contributed by atoms with E-state index in [1.54, 1.807) is 0 Å². The zero-order valence-electron chi connectivity index (χ0n) is 12.0. The fourth-order valence-electron chi connectivity index (χ4n) is 3.50. The summed E-state index contributed by atoms with van der Waals surface area (Å²) in [6.07, 6.45) is 10.2. The third kappa shape index (κ3) is 2.03. The number of hydrogen-bond acceptors (Lipinski definition) is 3. The second-order valence-corrected chi connectivity index (χ2v) is 6.24. The molecular weight excluding hydrogens is 248 g/mol. The van der Waals surface area contributed by atoms with Gasteiger partial charge in [0.2, 0.25) is 0 Å². The van der Waals surface area contributed by atoms with E-state index in [0.29, 0.717) is 12.1 Å². The van der Waals surface area contributed by atoms with E-state index < -0.39 is 0 Å². The summed E-state index contributed by atoms with van der Waals surface area (Å²) in [5.74, 6) is 2.08. The molecule has 2 atom stereocenters. The monoisotopic (exact) mass is 270 g/mol. The fourth-order valence-corrected chi connectivity index (χ4v) is 3.50. The van der Waals surface area contributed by atoms with Crippen molar-refractivity contribution in [2.24, 2.45) is 5.92 Å². The van der Waals surface area contributed by atoms with E-state index in [4.69, 9.17) is 4.98 Å². The Morgan fingerprint density at radius 1 is 1.35 bits per heavy atom. The summed E-state index contributed by atoms with van der Waals surface area (Å²) in [6.45, 7) is 3.43. The highest BCUT2D eigenvalue weighted by molar-refractivity contribution is 5.75. The molecule has 0 spiro atoms. The topological polar surface area (TPSA) is 42.7 Å². The lowest BCUT2D eigenvalue weighted by Gasteiger charge is -2.29. The van der Waals surface area contributed by atoms with Crippen LogP contribution in [0.3, 0.4) is 0 Å². The Kier molecular flexibility index (Phi) is 2.99. The Balaban J connectivity index is 1.76. The molecule has 0 aromatic carbocycles. The predicted molar refractivity (Wildman–Crippen MR) is 79.6 cm³/mol. The molecule has 1 N–H and O–H groups in total. The highest BCUT2D eigenvalue weighted by Gasteiger charge is 2.32. The fraction of sp³-hybridized carbons (Fsp3) is 0.625. The molecule has 4 nitrogen and oxygen atoms in total. The Bertz CT molecular complexity index is 614. The van der Waals surface area contributed by atoms with Gasteiger partial charge in [0, 0.05) is 12.2 Å². The van der Waals surface area contributed by atoms with Crippen LogP contribution in [-0.2, 0) is 0 Å². The maximum Gasteiger partial charge on any atom is 0.127 e. The Labute approximate surface area is 119 Å². The summed E-state index contributed by atoms with van der Waals surface area (Å²) in [6, 6.07) is 3.20. The van der Waals surface area contributed by atoms with Crippen LogP contribution < -0.4 is 5.32 Å². The third-order valence-corrected chi connectivity index (χ3v) is 4.83. The van der Waals surface area contributed by atoms with E-state index in [1.807, 2.05) is 12.4 Å². The molecule has 2 aliphatic rings. The first kappa shape index (κ1) is 12.3. The lowest BCUT2D eigenvalue weighted by atomic mass is 9.90. The van der Waals surface area contributed by atoms with Crippen LogP contribution in [0.5, 0.6) is 0 Å². The number of nitrogens with zero attached hydrogens (tertiary/aromatic N) is 3. The number of piperidine rings is 1. The van der Waals surface area contributed by atoms with Crippen molar-refractivity contribution in [3.05, 3.63) is 24.3 Å². The van der Waals surface area contributed by atoms with Gasteiger partial charge in [-0.2, -0.15) is 0 Å². The predicted octanol–water partition coefficient (Wildman–Crippen LogP) is 3.22. The number of pyridine rings is 1. The minimum absolute atomic E-state index is 0.418. The number of rotatable bonds is 3. The summed E-state index contributed by atoms with van der Waals surface area (Å²) < 4.78 is 2.48. The van der Waals surface area contributed by atoms with Crippen LogP contribution in [-0.4, -0.2) is 21.1 Å². The van der Waals surface area contributed by atoms with Crippen molar-refractivity contribution in [1.82, 2.24) is 19.9 Å². The molecule has 0 amide bonds. The maximum absolute atomic E-state index is 4.90. The second kappa shape index (κ2) is 4.85. The van der Waals surface area contributed by atoms with Crippen LogP contribution in [0.15, 0.2) is 18.5 Å². The van der Waals surface area contributed by atoms with E-state index in [-0.39, 0.29) is 0 Å². The lowest BCUT2D eigenvalue weighted by molar-refractivity contribution is 0.287. The van der Waals surface area contributed by atoms with Gasteiger partial charge in [-0.3, -0.25) is 4.98 Å². The maximum atomic E-state index is 4.90. The molecule has 2 unspecified atom stereocenters. The molecule has 3 heterocycles. The Morgan fingerprint density at radius 3 is 3.05 bits per heavy atom. The van der Waals surface area contributed by atoms with Crippen molar-refractivity contribution < 1.29 is 0 Å². The molecule has 0 bridgehead atoms. The molecule has 1 saturated heterocycles. The zero-order valence-corrected chi connectivity index (χ0v) is 12.0. The van der Waals surface area contributed by atoms with Crippen LogP contribution in [0.4, 0.5) is 0 Å². The second-order valence-electron chi connectivity index (χ2n) is 6.24. The summed E-state index contributed by atoms with van der Waals surface area (Å²) in [5, 5.41) is 3.68. The van der Waals surface area contributed by atoms with Crippen molar-refractivity contribution in [2.75, 3.05) is 6.54 Å². The Hall–Kier alpha value is -1.42. The summed E-state index contributed by atoms with van der Waals surface area (Å²) in [5.41, 5.74) is 2.31. The molecule has 2 fully saturated rings. The van der Waals surface area contributed by atoms with Crippen molar-refractivity contribution >= 4 is 11.0 Å². The van der Waals surface area contributed by atoms with Gasteiger partial charge in [-0.1, -0.05) is 13.3 Å². The SMILES string of the molecule is CCC1CCNC(c2nc3cnccc3n2C2CC2)C1. The van der Waals surface area contributed by atoms with Crippen molar-refractivity contribution in [1.29, 1.82) is 0 Å². The van der Waals surface area contributed by atoms with Crippen molar-refractivity contribution in [3.8, 4) is 0 Å². The van der Waals surface area contributed by atoms with Crippen LogP contribution in [0.25, 0.3) is 11.0 Å². The van der Waals surface area contributed by atoms with Crippen molar-refractivity contribution in [2.45, 2.75) is 51.1 Å². The molecule has 4 rings (SSSR count). The summed E-state index contributed by atoms with van der Waals surface area (Å²) >= 11 is 0. The van der Waals surface area contributed by atoms with E-state index in [2.05, 4.69) is 27.9 Å². The van der Waals surface area contributed by atoms with E-state index in [9.17, 15) is 0 Å². The molecule has 1 saturated carbocycles. The van der Waals surface area contributed by atoms with Crippen LogP contribution in [0, 0.1) is 5.92 Å². The molecule has 106 valence electrons. The number of nitrogens with one attached hydrogen (secondary N) is 1. The molecule has 2 aromatic rings. The first-order valence-corrected chi connectivity index (χ1v) is 7.92. The summed E-state index contributed by atoms with van der Waals surface area (Å²) in [4.78, 5) is 9.13. The normalized spacial score (nSPS) is 27.1. The molecular formula is C16H22N4. The van der Waals surface area contributed by atoms with Crippen LogP contribution in [0.1, 0.15) is 56.9 Å². The number of imidazole rings is 1.